The molecular formula is C19H19NO2. The van der Waals surface area contributed by atoms with Gasteiger partial charge in [0.2, 0.25) is 0 Å². The minimum Gasteiger partial charge on any atom is -0.481 e. The summed E-state index contributed by atoms with van der Waals surface area (Å²) in [6.07, 6.45) is 3.75. The van der Waals surface area contributed by atoms with Crippen LogP contribution in [0.5, 0.6) is 0 Å². The van der Waals surface area contributed by atoms with Gasteiger partial charge in [0.1, 0.15) is 0 Å². The summed E-state index contributed by atoms with van der Waals surface area (Å²) in [6.45, 7) is 4.01. The first-order valence-corrected chi connectivity index (χ1v) is 7.39. The minimum absolute atomic E-state index is 0.0503. The zero-order chi connectivity index (χ0) is 15.6. The van der Waals surface area contributed by atoms with Gasteiger partial charge >= 0.3 is 5.97 Å². The highest BCUT2D eigenvalue weighted by atomic mass is 16.4. The molecule has 22 heavy (non-hydrogen) atoms. The Balaban J connectivity index is 1.84. The second-order valence-corrected chi connectivity index (χ2v) is 5.89. The van der Waals surface area contributed by atoms with E-state index in [1.165, 1.54) is 11.1 Å². The zero-order valence-electron chi connectivity index (χ0n) is 12.4. The van der Waals surface area contributed by atoms with Crippen LogP contribution in [0, 0.1) is 0 Å². The molecule has 3 nitrogen and oxygen atoms in total. The van der Waals surface area contributed by atoms with Crippen molar-refractivity contribution >= 4 is 11.7 Å². The first-order chi connectivity index (χ1) is 10.6. The van der Waals surface area contributed by atoms with Crippen LogP contribution in [0.1, 0.15) is 16.7 Å². The Labute approximate surface area is 130 Å². The third-order valence-corrected chi connectivity index (χ3v) is 4.17. The predicted molar refractivity (Wildman–Crippen MR) is 88.2 cm³/mol. The van der Waals surface area contributed by atoms with Crippen molar-refractivity contribution in [2.75, 3.05) is 5.32 Å². The maximum Gasteiger partial charge on any atom is 0.307 e. The van der Waals surface area contributed by atoms with Crippen LogP contribution in [0.15, 0.2) is 61.2 Å². The van der Waals surface area contributed by atoms with Crippen LogP contribution in [-0.4, -0.2) is 16.6 Å². The number of rotatable bonds is 5. The normalized spacial score (nSPS) is 19.3. The van der Waals surface area contributed by atoms with Crippen LogP contribution in [0.2, 0.25) is 0 Å². The molecular weight excluding hydrogens is 274 g/mol. The van der Waals surface area contributed by atoms with Crippen LogP contribution in [0.25, 0.3) is 0 Å². The van der Waals surface area contributed by atoms with Crippen molar-refractivity contribution in [3.8, 4) is 0 Å². The molecule has 1 aliphatic rings. The number of carbonyl (C=O) groups is 1. The molecule has 1 atom stereocenters. The fraction of sp³-hybridized carbons (Fsp3) is 0.211. The molecule has 1 aliphatic heterocycles. The van der Waals surface area contributed by atoms with Crippen molar-refractivity contribution in [2.24, 2.45) is 0 Å². The van der Waals surface area contributed by atoms with Gasteiger partial charge in [0.05, 0.1) is 12.0 Å². The highest BCUT2D eigenvalue weighted by Gasteiger charge is 2.34. The second-order valence-electron chi connectivity index (χ2n) is 5.89. The molecule has 0 amide bonds. The van der Waals surface area contributed by atoms with Crippen molar-refractivity contribution < 1.29 is 9.90 Å². The number of fused-ring (bicyclic) bond motifs is 1. The lowest BCUT2D eigenvalue weighted by Crippen LogP contribution is -2.36. The Bertz CT molecular complexity index is 709. The van der Waals surface area contributed by atoms with Gasteiger partial charge in [-0.1, -0.05) is 48.5 Å². The Morgan fingerprint density at radius 2 is 2.00 bits per heavy atom. The summed E-state index contributed by atoms with van der Waals surface area (Å²) in [5.74, 6) is -0.808. The lowest BCUT2D eigenvalue weighted by molar-refractivity contribution is -0.136. The minimum atomic E-state index is -0.808. The molecule has 2 aromatic carbocycles. The van der Waals surface area contributed by atoms with Gasteiger partial charge in [-0.25, -0.2) is 0 Å². The third kappa shape index (κ3) is 2.89. The number of hydrogen-bond acceptors (Lipinski definition) is 2. The molecule has 112 valence electrons. The summed E-state index contributed by atoms with van der Waals surface area (Å²) >= 11 is 0. The van der Waals surface area contributed by atoms with Crippen molar-refractivity contribution in [1.82, 2.24) is 0 Å². The second kappa shape index (κ2) is 5.68. The Kier molecular flexibility index (Phi) is 3.72. The molecule has 0 saturated heterocycles. The number of hydrogen-bond donors (Lipinski definition) is 2. The van der Waals surface area contributed by atoms with E-state index in [-0.39, 0.29) is 12.0 Å². The van der Waals surface area contributed by atoms with Crippen LogP contribution >= 0.6 is 0 Å². The van der Waals surface area contributed by atoms with Crippen LogP contribution in [0.3, 0.4) is 0 Å². The van der Waals surface area contributed by atoms with Crippen LogP contribution in [0.4, 0.5) is 5.69 Å². The van der Waals surface area contributed by atoms with Crippen molar-refractivity contribution in [2.45, 2.75) is 24.8 Å². The molecule has 2 aromatic rings. The first-order valence-electron chi connectivity index (χ1n) is 7.39. The number of benzene rings is 2. The molecule has 0 unspecified atom stereocenters. The van der Waals surface area contributed by atoms with Gasteiger partial charge < -0.3 is 10.4 Å². The number of nitrogens with one attached hydrogen (secondary N) is 1. The van der Waals surface area contributed by atoms with Crippen LogP contribution in [-0.2, 0) is 24.1 Å². The largest absolute Gasteiger partial charge is 0.481 e. The Morgan fingerprint density at radius 3 is 2.68 bits per heavy atom. The van der Waals surface area contributed by atoms with Gasteiger partial charge in [0.25, 0.3) is 0 Å². The van der Waals surface area contributed by atoms with E-state index in [1.807, 2.05) is 42.5 Å². The van der Waals surface area contributed by atoms with E-state index in [2.05, 4.69) is 24.0 Å². The quantitative estimate of drug-likeness (QED) is 0.830. The fourth-order valence-electron chi connectivity index (χ4n) is 3.09. The summed E-state index contributed by atoms with van der Waals surface area (Å²) in [7, 11) is 0. The molecule has 3 rings (SSSR count). The van der Waals surface area contributed by atoms with Gasteiger partial charge in [0, 0.05) is 12.1 Å². The van der Waals surface area contributed by atoms with Crippen molar-refractivity contribution in [3.05, 3.63) is 77.9 Å². The zero-order valence-corrected chi connectivity index (χ0v) is 12.4. The summed E-state index contributed by atoms with van der Waals surface area (Å²) in [5, 5.41) is 12.5. The molecule has 0 aromatic heterocycles. The number of carboxylic acid groups (broad SMARTS) is 1. The SMILES string of the molecule is C=C[C@]1(Cc2ccccc2)Cc2ccc(CC(=O)O)cc2N1. The molecule has 0 saturated carbocycles. The number of aliphatic carboxylic acids is 1. The predicted octanol–water partition coefficient (Wildman–Crippen LogP) is 3.45. The third-order valence-electron chi connectivity index (χ3n) is 4.17. The van der Waals surface area contributed by atoms with E-state index >= 15 is 0 Å². The lowest BCUT2D eigenvalue weighted by Gasteiger charge is -2.26. The number of anilines is 1. The maximum atomic E-state index is 10.9. The fourth-order valence-corrected chi connectivity index (χ4v) is 3.09. The molecule has 0 fully saturated rings. The van der Waals surface area contributed by atoms with Gasteiger partial charge in [-0.05, 0) is 29.2 Å². The Hall–Kier alpha value is -2.55. The van der Waals surface area contributed by atoms with E-state index in [0.29, 0.717) is 0 Å². The summed E-state index contributed by atoms with van der Waals surface area (Å²) < 4.78 is 0. The summed E-state index contributed by atoms with van der Waals surface area (Å²) in [6, 6.07) is 16.2. The van der Waals surface area contributed by atoms with Gasteiger partial charge in [-0.3, -0.25) is 4.79 Å². The molecule has 0 bridgehead atoms. The van der Waals surface area contributed by atoms with Crippen LogP contribution < -0.4 is 5.32 Å². The molecule has 0 spiro atoms. The smallest absolute Gasteiger partial charge is 0.307 e. The Morgan fingerprint density at radius 1 is 1.23 bits per heavy atom. The standard InChI is InChI=1S/C19H19NO2/c1-2-19(12-14-6-4-3-5-7-14)13-16-9-8-15(11-18(21)22)10-17(16)20-19/h2-10,20H,1,11-13H2,(H,21,22)/t19-/m0/s1. The highest BCUT2D eigenvalue weighted by Crippen LogP contribution is 2.36. The molecule has 3 heteroatoms. The summed E-state index contributed by atoms with van der Waals surface area (Å²) in [5.41, 5.74) is 4.11. The highest BCUT2D eigenvalue weighted by molar-refractivity contribution is 5.72. The van der Waals surface area contributed by atoms with Crippen molar-refractivity contribution in [3.63, 3.8) is 0 Å². The van der Waals surface area contributed by atoms with Gasteiger partial charge in [0.15, 0.2) is 0 Å². The topological polar surface area (TPSA) is 49.3 Å². The average Bonchev–Trinajstić information content (AvgIpc) is 2.85. The van der Waals surface area contributed by atoms with Gasteiger partial charge in [-0.15, -0.1) is 6.58 Å². The number of carboxylic acids is 1. The maximum absolute atomic E-state index is 10.9. The molecule has 2 N–H and O–H groups in total. The molecule has 1 heterocycles. The molecule has 0 radical (unpaired) electrons. The first kappa shape index (κ1) is 14.4. The van der Waals surface area contributed by atoms with E-state index in [9.17, 15) is 4.79 Å². The monoisotopic (exact) mass is 293 g/mol. The van der Waals surface area contributed by atoms with E-state index < -0.39 is 5.97 Å². The average molecular weight is 293 g/mol. The summed E-state index contributed by atoms with van der Waals surface area (Å²) in [4.78, 5) is 10.9. The van der Waals surface area contributed by atoms with E-state index in [1.54, 1.807) is 0 Å². The van der Waals surface area contributed by atoms with E-state index in [4.69, 9.17) is 5.11 Å². The van der Waals surface area contributed by atoms with Crippen molar-refractivity contribution in [1.29, 1.82) is 0 Å². The molecule has 0 aliphatic carbocycles. The van der Waals surface area contributed by atoms with E-state index in [0.717, 1.165) is 24.1 Å². The van der Waals surface area contributed by atoms with Gasteiger partial charge in [-0.2, -0.15) is 0 Å². The lowest BCUT2D eigenvalue weighted by atomic mass is 9.88.